The second kappa shape index (κ2) is 10.8. The summed E-state index contributed by atoms with van der Waals surface area (Å²) in [6.07, 6.45) is 6.35. The van der Waals surface area contributed by atoms with Crippen molar-refractivity contribution in [1.29, 1.82) is 0 Å². The molecule has 2 aliphatic rings. The van der Waals surface area contributed by atoms with E-state index in [0.717, 1.165) is 75.3 Å². The van der Waals surface area contributed by atoms with Gasteiger partial charge in [0.2, 0.25) is 5.91 Å². The molecule has 2 fully saturated rings. The number of halogens is 1. The van der Waals surface area contributed by atoms with Gasteiger partial charge >= 0.3 is 0 Å². The van der Waals surface area contributed by atoms with E-state index in [2.05, 4.69) is 33.9 Å². The molecule has 1 amide bonds. The number of imidazole rings is 1. The summed E-state index contributed by atoms with van der Waals surface area (Å²) < 4.78 is 2.04. The lowest BCUT2D eigenvalue weighted by atomic mass is 10.2. The highest BCUT2D eigenvalue weighted by molar-refractivity contribution is 14.0. The van der Waals surface area contributed by atoms with Crippen LogP contribution in [0, 0.1) is 0 Å². The highest BCUT2D eigenvalue weighted by Crippen LogP contribution is 2.15. The van der Waals surface area contributed by atoms with Crippen molar-refractivity contribution < 1.29 is 4.79 Å². The molecule has 0 bridgehead atoms. The molecule has 4 heterocycles. The van der Waals surface area contributed by atoms with Gasteiger partial charge in [0, 0.05) is 63.6 Å². The minimum Gasteiger partial charge on any atom is -0.357 e. The molecule has 2 aliphatic heterocycles. The van der Waals surface area contributed by atoms with Crippen LogP contribution in [0.4, 0.5) is 0 Å². The Balaban J connectivity index is 0.00000256. The number of rotatable bonds is 5. The molecule has 1 unspecified atom stereocenters. The lowest BCUT2D eigenvalue weighted by molar-refractivity contribution is -0.135. The molecule has 1 N–H and O–H groups in total. The Labute approximate surface area is 199 Å². The average molecular weight is 545 g/mol. The minimum atomic E-state index is -0.0340. The quantitative estimate of drug-likeness (QED) is 0.354. The van der Waals surface area contributed by atoms with E-state index in [1.807, 2.05) is 27.1 Å². The van der Waals surface area contributed by atoms with Gasteiger partial charge in [0.05, 0.1) is 18.3 Å². The van der Waals surface area contributed by atoms with E-state index < -0.39 is 0 Å². The monoisotopic (exact) mass is 545 g/mol. The number of hydrogen-bond donors (Lipinski definition) is 1. The number of piperazine rings is 1. The predicted octanol–water partition coefficient (Wildman–Crippen LogP) is 2.11. The van der Waals surface area contributed by atoms with Crippen molar-refractivity contribution in [3.63, 3.8) is 0 Å². The van der Waals surface area contributed by atoms with E-state index >= 15 is 0 Å². The van der Waals surface area contributed by atoms with Crippen LogP contribution in [0.2, 0.25) is 0 Å². The molecular weight excluding hydrogens is 513 g/mol. The zero-order valence-electron chi connectivity index (χ0n) is 17.8. The van der Waals surface area contributed by atoms with Crippen LogP contribution in [0.3, 0.4) is 0 Å². The maximum atomic E-state index is 12.7. The number of aromatic nitrogens is 2. The van der Waals surface area contributed by atoms with Gasteiger partial charge in [-0.1, -0.05) is 0 Å². The lowest BCUT2D eigenvalue weighted by Crippen LogP contribution is -2.57. The van der Waals surface area contributed by atoms with Crippen molar-refractivity contribution in [3.8, 4) is 0 Å². The largest absolute Gasteiger partial charge is 0.357 e. The van der Waals surface area contributed by atoms with Crippen LogP contribution in [-0.2, 0) is 11.3 Å². The SMILES string of the molecule is CCNC(=NCc1cn2ccsc2n1)N1CCN(C(C)C(=O)N2CCCC2)CC1.I. The summed E-state index contributed by atoms with van der Waals surface area (Å²) in [6, 6.07) is -0.0340. The van der Waals surface area contributed by atoms with Crippen molar-refractivity contribution in [2.24, 2.45) is 4.99 Å². The van der Waals surface area contributed by atoms with E-state index in [1.54, 1.807) is 11.3 Å². The van der Waals surface area contributed by atoms with E-state index in [-0.39, 0.29) is 35.9 Å². The van der Waals surface area contributed by atoms with E-state index in [9.17, 15) is 4.79 Å². The zero-order valence-corrected chi connectivity index (χ0v) is 20.9. The Morgan fingerprint density at radius 2 is 1.93 bits per heavy atom. The van der Waals surface area contributed by atoms with Crippen molar-refractivity contribution in [1.82, 2.24) is 29.4 Å². The van der Waals surface area contributed by atoms with Crippen LogP contribution >= 0.6 is 35.3 Å². The van der Waals surface area contributed by atoms with Gasteiger partial charge in [-0.3, -0.25) is 14.1 Å². The molecule has 2 aromatic heterocycles. The standard InChI is InChI=1S/C20H31N7OS.HI/c1-3-21-19(22-14-17-15-27-12-13-29-20(27)23-17)26-10-8-24(9-11-26)16(2)18(28)25-6-4-5-7-25;/h12-13,15-16H,3-11,14H2,1-2H3,(H,21,22);1H. The molecule has 8 nitrogen and oxygen atoms in total. The number of hydrogen-bond acceptors (Lipinski definition) is 5. The van der Waals surface area contributed by atoms with Gasteiger partial charge in [-0.25, -0.2) is 9.98 Å². The molecule has 0 aliphatic carbocycles. The van der Waals surface area contributed by atoms with Gasteiger partial charge in [0.15, 0.2) is 10.9 Å². The Hall–Kier alpha value is -1.40. The number of thiazole rings is 1. The molecule has 0 aromatic carbocycles. The first kappa shape index (κ1) is 23.3. The molecule has 166 valence electrons. The van der Waals surface area contributed by atoms with Gasteiger partial charge in [-0.15, -0.1) is 35.3 Å². The average Bonchev–Trinajstić information content (AvgIpc) is 3.48. The summed E-state index contributed by atoms with van der Waals surface area (Å²) in [5, 5.41) is 5.45. The van der Waals surface area contributed by atoms with Gasteiger partial charge in [0.1, 0.15) is 0 Å². The molecule has 0 spiro atoms. The van der Waals surface area contributed by atoms with Gasteiger partial charge in [-0.05, 0) is 26.7 Å². The fourth-order valence-corrected chi connectivity index (χ4v) is 4.83. The topological polar surface area (TPSA) is 68.5 Å². The number of aliphatic imine (C=N–C) groups is 1. The van der Waals surface area contributed by atoms with Crippen LogP contribution in [0.1, 0.15) is 32.4 Å². The van der Waals surface area contributed by atoms with Crippen molar-refractivity contribution in [3.05, 3.63) is 23.5 Å². The number of carbonyl (C=O) groups is 1. The van der Waals surface area contributed by atoms with E-state index in [1.165, 1.54) is 0 Å². The number of likely N-dealkylation sites (tertiary alicyclic amines) is 1. The summed E-state index contributed by atoms with van der Waals surface area (Å²) in [7, 11) is 0. The first-order valence-corrected chi connectivity index (χ1v) is 11.5. The van der Waals surface area contributed by atoms with E-state index in [4.69, 9.17) is 4.99 Å². The Bertz CT molecular complexity index is 824. The molecule has 30 heavy (non-hydrogen) atoms. The van der Waals surface area contributed by atoms with Crippen molar-refractivity contribution in [2.45, 2.75) is 39.3 Å². The van der Waals surface area contributed by atoms with Crippen molar-refractivity contribution in [2.75, 3.05) is 45.8 Å². The number of nitrogens with zero attached hydrogens (tertiary/aromatic N) is 6. The van der Waals surface area contributed by atoms with Gasteiger partial charge in [0.25, 0.3) is 0 Å². The highest BCUT2D eigenvalue weighted by Gasteiger charge is 2.30. The third kappa shape index (κ3) is 5.25. The molecule has 0 saturated carbocycles. The van der Waals surface area contributed by atoms with Crippen LogP contribution in [0.25, 0.3) is 4.96 Å². The van der Waals surface area contributed by atoms with Gasteiger partial charge < -0.3 is 15.1 Å². The summed E-state index contributed by atoms with van der Waals surface area (Å²) in [4.78, 5) is 29.8. The molecule has 10 heteroatoms. The molecule has 4 rings (SSSR count). The number of guanidine groups is 1. The molecule has 2 aromatic rings. The first-order chi connectivity index (χ1) is 14.2. The first-order valence-electron chi connectivity index (χ1n) is 10.6. The zero-order chi connectivity index (χ0) is 20.2. The molecular formula is C20H32IN7OS. The molecule has 1 atom stereocenters. The van der Waals surface area contributed by atoms with Crippen LogP contribution in [0.15, 0.2) is 22.8 Å². The van der Waals surface area contributed by atoms with Gasteiger partial charge in [-0.2, -0.15) is 0 Å². The smallest absolute Gasteiger partial charge is 0.239 e. The molecule has 0 radical (unpaired) electrons. The summed E-state index contributed by atoms with van der Waals surface area (Å²) in [5.41, 5.74) is 0.982. The number of amides is 1. The summed E-state index contributed by atoms with van der Waals surface area (Å²) >= 11 is 1.64. The maximum absolute atomic E-state index is 12.7. The third-order valence-corrected chi connectivity index (χ3v) is 6.58. The fourth-order valence-electron chi connectivity index (χ4n) is 4.11. The minimum absolute atomic E-state index is 0. The Morgan fingerprint density at radius 1 is 1.20 bits per heavy atom. The van der Waals surface area contributed by atoms with Crippen LogP contribution in [-0.4, -0.2) is 87.8 Å². The number of carbonyl (C=O) groups excluding carboxylic acids is 1. The second-order valence-electron chi connectivity index (χ2n) is 7.73. The third-order valence-electron chi connectivity index (χ3n) is 5.81. The second-order valence-corrected chi connectivity index (χ2v) is 8.60. The summed E-state index contributed by atoms with van der Waals surface area (Å²) in [5.74, 6) is 1.22. The Morgan fingerprint density at radius 3 is 2.60 bits per heavy atom. The Kier molecular flexibility index (Phi) is 8.35. The van der Waals surface area contributed by atoms with Crippen LogP contribution < -0.4 is 5.32 Å². The normalized spacial score (nSPS) is 19.2. The number of nitrogens with one attached hydrogen (secondary N) is 1. The summed E-state index contributed by atoms with van der Waals surface area (Å²) in [6.45, 7) is 10.9. The predicted molar refractivity (Wildman–Crippen MR) is 132 cm³/mol. The molecule has 2 saturated heterocycles. The maximum Gasteiger partial charge on any atom is 0.239 e. The highest BCUT2D eigenvalue weighted by atomic mass is 127. The fraction of sp³-hybridized carbons (Fsp3) is 0.650. The number of fused-ring (bicyclic) bond motifs is 1. The van der Waals surface area contributed by atoms with E-state index in [0.29, 0.717) is 6.54 Å². The lowest BCUT2D eigenvalue weighted by Gasteiger charge is -2.39. The van der Waals surface area contributed by atoms with Crippen LogP contribution in [0.5, 0.6) is 0 Å². The van der Waals surface area contributed by atoms with Crippen molar-refractivity contribution >= 4 is 52.1 Å².